The molecule has 0 bridgehead atoms. The molecule has 238 valence electrons. The number of aryl methyl sites for hydroxylation is 1. The maximum absolute atomic E-state index is 15.1. The fourth-order valence-corrected chi connectivity index (χ4v) is 9.86. The third-order valence-corrected chi connectivity index (χ3v) is 11.9. The number of carbonyl (C=O) groups is 4. The smallest absolute Gasteiger partial charge is 0.233 e. The van der Waals surface area contributed by atoms with Crippen LogP contribution < -0.4 is 0 Å². The van der Waals surface area contributed by atoms with Crippen molar-refractivity contribution in [3.05, 3.63) is 119 Å². The number of rotatable bonds is 4. The Hall–Kier alpha value is -4.58. The Kier molecular flexibility index (Phi) is 7.16. The van der Waals surface area contributed by atoms with Gasteiger partial charge in [0.05, 0.1) is 17.3 Å². The molecule has 1 aliphatic heterocycles. The van der Waals surface area contributed by atoms with E-state index in [1.54, 1.807) is 4.90 Å². The fourth-order valence-electron chi connectivity index (χ4n) is 9.86. The average molecular weight is 626 g/mol. The molecule has 0 radical (unpaired) electrons. The van der Waals surface area contributed by atoms with Gasteiger partial charge in [-0.25, -0.2) is 0 Å². The number of hydrogen-bond donors (Lipinski definition) is 1. The zero-order chi connectivity index (χ0) is 32.4. The number of allylic oxidation sites excluding steroid dienone is 4. The standard InChI is InChI=1S/C41H39NO5/c1-24-12-11-19-30(37(24)44)36-28-20-21-29-35(40(47)42(39(29)46)27-17-9-4-10-18-27)32(28)22-33-38(45)31(25-13-5-2-6-14-25)23-34(43)41(33,36)26-15-7-3-8-16-26/h2-3,5-8,11-16,19-20,23,27,29,32-33,35-36,44H,4,9-10,17-18,21-22H2,1H3/t29-,32+,33-,35-,36+,41-/m0/s1. The summed E-state index contributed by atoms with van der Waals surface area (Å²) in [5.74, 6) is -3.46. The molecule has 2 saturated carbocycles. The van der Waals surface area contributed by atoms with E-state index in [9.17, 15) is 19.5 Å². The van der Waals surface area contributed by atoms with Crippen molar-refractivity contribution in [3.8, 4) is 5.75 Å². The second-order valence-corrected chi connectivity index (χ2v) is 14.1. The summed E-state index contributed by atoms with van der Waals surface area (Å²) >= 11 is 0. The SMILES string of the molecule is Cc1cccc([C@H]2C3=CC[C@@H]4C(=O)N(C5CCCCC5)C(=O)[C@@H]4[C@@H]3C[C@H]3C(=O)C(c4ccccc4)=CC(=O)[C@@]23c2ccccc2)c1O. The monoisotopic (exact) mass is 625 g/mol. The van der Waals surface area contributed by atoms with Crippen molar-refractivity contribution >= 4 is 29.0 Å². The molecule has 0 unspecified atom stereocenters. The van der Waals surface area contributed by atoms with Crippen molar-refractivity contribution < 1.29 is 24.3 Å². The zero-order valence-electron chi connectivity index (χ0n) is 26.6. The van der Waals surface area contributed by atoms with Crippen LogP contribution in [0.2, 0.25) is 0 Å². The van der Waals surface area contributed by atoms with Crippen molar-refractivity contribution in [2.45, 2.75) is 69.2 Å². The first-order valence-corrected chi connectivity index (χ1v) is 17.1. The molecule has 5 aliphatic rings. The van der Waals surface area contributed by atoms with E-state index in [1.807, 2.05) is 85.8 Å². The minimum absolute atomic E-state index is 0.0769. The van der Waals surface area contributed by atoms with Crippen LogP contribution in [-0.2, 0) is 24.6 Å². The van der Waals surface area contributed by atoms with Gasteiger partial charge in [-0.1, -0.05) is 110 Å². The predicted molar refractivity (Wildman–Crippen MR) is 178 cm³/mol. The van der Waals surface area contributed by atoms with Gasteiger partial charge in [-0.2, -0.15) is 0 Å². The first-order valence-electron chi connectivity index (χ1n) is 17.1. The number of ketones is 2. The average Bonchev–Trinajstić information content (AvgIpc) is 3.37. The molecule has 0 aromatic heterocycles. The maximum Gasteiger partial charge on any atom is 0.233 e. The molecule has 6 atom stereocenters. The minimum atomic E-state index is -1.34. The maximum atomic E-state index is 15.1. The molecule has 3 aromatic rings. The first kappa shape index (κ1) is 29.8. The third-order valence-electron chi connectivity index (χ3n) is 11.9. The molecule has 6 nitrogen and oxygen atoms in total. The summed E-state index contributed by atoms with van der Waals surface area (Å²) in [7, 11) is 0. The minimum Gasteiger partial charge on any atom is -0.507 e. The van der Waals surface area contributed by atoms with Gasteiger partial charge in [0.15, 0.2) is 11.6 Å². The molecule has 47 heavy (non-hydrogen) atoms. The summed E-state index contributed by atoms with van der Waals surface area (Å²) in [6, 6.07) is 24.3. The molecule has 1 saturated heterocycles. The molecule has 0 spiro atoms. The van der Waals surface area contributed by atoms with Crippen LogP contribution in [0.15, 0.2) is 96.6 Å². The van der Waals surface area contributed by atoms with Crippen LogP contribution in [0.5, 0.6) is 5.75 Å². The predicted octanol–water partition coefficient (Wildman–Crippen LogP) is 6.86. The highest BCUT2D eigenvalue weighted by molar-refractivity contribution is 6.31. The number of amides is 2. The number of carbonyl (C=O) groups excluding carboxylic acids is 4. The highest BCUT2D eigenvalue weighted by Crippen LogP contribution is 2.64. The summed E-state index contributed by atoms with van der Waals surface area (Å²) < 4.78 is 0. The number of aromatic hydroxyl groups is 1. The van der Waals surface area contributed by atoms with Gasteiger partial charge < -0.3 is 5.11 Å². The summed E-state index contributed by atoms with van der Waals surface area (Å²) in [6.45, 7) is 1.83. The lowest BCUT2D eigenvalue weighted by Crippen LogP contribution is -2.58. The Labute approximate surface area is 275 Å². The van der Waals surface area contributed by atoms with Crippen molar-refractivity contribution in [3.63, 3.8) is 0 Å². The van der Waals surface area contributed by atoms with Gasteiger partial charge in [0.1, 0.15) is 5.75 Å². The van der Waals surface area contributed by atoms with E-state index >= 15 is 4.79 Å². The van der Waals surface area contributed by atoms with E-state index in [0.717, 1.165) is 43.2 Å². The van der Waals surface area contributed by atoms with Crippen LogP contribution in [0.1, 0.15) is 73.1 Å². The molecule has 2 amide bonds. The molecule has 3 fully saturated rings. The molecule has 8 rings (SSSR count). The van der Waals surface area contributed by atoms with Gasteiger partial charge in [0.2, 0.25) is 11.8 Å². The van der Waals surface area contributed by atoms with Gasteiger partial charge >= 0.3 is 0 Å². The summed E-state index contributed by atoms with van der Waals surface area (Å²) in [6.07, 6.45) is 9.06. The van der Waals surface area contributed by atoms with E-state index in [2.05, 4.69) is 6.08 Å². The Morgan fingerprint density at radius 2 is 1.49 bits per heavy atom. The second kappa shape index (κ2) is 11.3. The van der Waals surface area contributed by atoms with Gasteiger partial charge in [-0.15, -0.1) is 0 Å². The van der Waals surface area contributed by atoms with Crippen molar-refractivity contribution in [2.24, 2.45) is 23.7 Å². The molecule has 1 N–H and O–H groups in total. The van der Waals surface area contributed by atoms with E-state index < -0.39 is 35.0 Å². The van der Waals surface area contributed by atoms with Gasteiger partial charge in [0.25, 0.3) is 0 Å². The first-order chi connectivity index (χ1) is 22.8. The van der Waals surface area contributed by atoms with Crippen LogP contribution in [0, 0.1) is 30.6 Å². The van der Waals surface area contributed by atoms with Crippen LogP contribution in [0.25, 0.3) is 5.57 Å². The summed E-state index contributed by atoms with van der Waals surface area (Å²) in [5.41, 5.74) is 2.56. The van der Waals surface area contributed by atoms with Crippen LogP contribution in [0.4, 0.5) is 0 Å². The van der Waals surface area contributed by atoms with E-state index in [0.29, 0.717) is 28.7 Å². The second-order valence-electron chi connectivity index (χ2n) is 14.1. The topological polar surface area (TPSA) is 91.8 Å². The largest absolute Gasteiger partial charge is 0.507 e. The number of imide groups is 1. The number of nitrogens with zero attached hydrogens (tertiary/aromatic N) is 1. The number of benzene rings is 3. The highest BCUT2D eigenvalue weighted by atomic mass is 16.3. The van der Waals surface area contributed by atoms with Gasteiger partial charge in [-0.05, 0) is 61.3 Å². The summed E-state index contributed by atoms with van der Waals surface area (Å²) in [5, 5.41) is 11.7. The quantitative estimate of drug-likeness (QED) is 0.253. The number of fused-ring (bicyclic) bond motifs is 4. The molecule has 4 aliphatic carbocycles. The number of hydrogen-bond acceptors (Lipinski definition) is 5. The van der Waals surface area contributed by atoms with E-state index in [-0.39, 0.29) is 41.6 Å². The molecular weight excluding hydrogens is 586 g/mol. The highest BCUT2D eigenvalue weighted by Gasteiger charge is 2.66. The molecular formula is C41H39NO5. The lowest BCUT2D eigenvalue weighted by molar-refractivity contribution is -0.144. The van der Waals surface area contributed by atoms with Crippen LogP contribution in [-0.4, -0.2) is 39.4 Å². The summed E-state index contributed by atoms with van der Waals surface area (Å²) in [4.78, 5) is 60.1. The number of Topliss-reactive ketones (excluding diaryl/α,β-unsaturated/α-hetero) is 1. The van der Waals surface area contributed by atoms with Gasteiger partial charge in [0, 0.05) is 29.0 Å². The van der Waals surface area contributed by atoms with Gasteiger partial charge in [-0.3, -0.25) is 24.1 Å². The fraction of sp³-hybridized carbons (Fsp3) is 0.366. The van der Waals surface area contributed by atoms with E-state index in [4.69, 9.17) is 0 Å². The number of para-hydroxylation sites is 1. The number of phenols is 1. The Bertz CT molecular complexity index is 1850. The number of likely N-dealkylation sites (tertiary alicyclic amines) is 1. The Morgan fingerprint density at radius 3 is 2.21 bits per heavy atom. The lowest BCUT2D eigenvalue weighted by Gasteiger charge is -2.55. The van der Waals surface area contributed by atoms with Crippen molar-refractivity contribution in [1.29, 1.82) is 0 Å². The molecule has 1 heterocycles. The molecule has 3 aromatic carbocycles. The normalized spacial score (nSPS) is 30.7. The van der Waals surface area contributed by atoms with Crippen LogP contribution in [0.3, 0.4) is 0 Å². The molecule has 6 heteroatoms. The van der Waals surface area contributed by atoms with E-state index in [1.165, 1.54) is 6.08 Å². The third kappa shape index (κ3) is 4.29. The Morgan fingerprint density at radius 1 is 0.787 bits per heavy atom. The Balaban J connectivity index is 1.36. The van der Waals surface area contributed by atoms with Crippen LogP contribution >= 0.6 is 0 Å². The number of phenolic OH excluding ortho intramolecular Hbond substituents is 1. The lowest BCUT2D eigenvalue weighted by atomic mass is 9.44. The zero-order valence-corrected chi connectivity index (χ0v) is 26.6. The van der Waals surface area contributed by atoms with Crippen molar-refractivity contribution in [2.75, 3.05) is 0 Å². The van der Waals surface area contributed by atoms with Crippen molar-refractivity contribution in [1.82, 2.24) is 4.90 Å².